The first kappa shape index (κ1) is 23.2. The van der Waals surface area contributed by atoms with E-state index in [0.29, 0.717) is 31.1 Å². The molecule has 160 valence electrons. The van der Waals surface area contributed by atoms with Crippen LogP contribution in [0.25, 0.3) is 0 Å². The van der Waals surface area contributed by atoms with Crippen molar-refractivity contribution >= 4 is 33.7 Å². The first-order valence-electron chi connectivity index (χ1n) is 9.18. The second-order valence-electron chi connectivity index (χ2n) is 6.18. The van der Waals surface area contributed by atoms with E-state index in [2.05, 4.69) is 4.74 Å². The fourth-order valence-corrected chi connectivity index (χ4v) is 5.31. The highest BCUT2D eigenvalue weighted by Crippen LogP contribution is 2.28. The zero-order chi connectivity index (χ0) is 21.6. The Hall–Kier alpha value is -2.11. The van der Waals surface area contributed by atoms with Gasteiger partial charge in [0.15, 0.2) is 0 Å². The second-order valence-corrected chi connectivity index (χ2v) is 9.11. The molecule has 0 radical (unpaired) electrons. The molecule has 0 aliphatic carbocycles. The number of thioether (sulfide) groups is 1. The molecule has 1 aliphatic heterocycles. The first-order chi connectivity index (χ1) is 13.7. The standard InChI is InChI=1S/C18H25N3O6S2/c1-4-20(5-2)29(25,26)14-7-8-15(22)19(12-14)9-6-10-21-16(23)13-28-17(21)11-18(24)27-3/h7-8,11-12H,4-6,9-10,13H2,1-3H3. The van der Waals surface area contributed by atoms with E-state index < -0.39 is 16.0 Å². The molecule has 1 aromatic rings. The number of aryl methyl sites for hydroxylation is 1. The summed E-state index contributed by atoms with van der Waals surface area (Å²) in [6, 6.07) is 2.54. The van der Waals surface area contributed by atoms with Crippen molar-refractivity contribution in [2.45, 2.75) is 31.7 Å². The number of pyridine rings is 1. The van der Waals surface area contributed by atoms with E-state index >= 15 is 0 Å². The molecule has 29 heavy (non-hydrogen) atoms. The first-order valence-corrected chi connectivity index (χ1v) is 11.6. The number of nitrogens with zero attached hydrogens (tertiary/aromatic N) is 3. The predicted molar refractivity (Wildman–Crippen MR) is 110 cm³/mol. The van der Waals surface area contributed by atoms with Gasteiger partial charge < -0.3 is 14.2 Å². The van der Waals surface area contributed by atoms with Gasteiger partial charge in [-0.2, -0.15) is 4.31 Å². The molecule has 0 spiro atoms. The molecular weight excluding hydrogens is 418 g/mol. The summed E-state index contributed by atoms with van der Waals surface area (Å²) in [5.74, 6) is -0.437. The van der Waals surface area contributed by atoms with E-state index in [1.165, 1.54) is 57.0 Å². The quantitative estimate of drug-likeness (QED) is 0.412. The third-order valence-corrected chi connectivity index (χ3v) is 7.49. The van der Waals surface area contributed by atoms with Crippen LogP contribution in [0.3, 0.4) is 0 Å². The summed E-state index contributed by atoms with van der Waals surface area (Å²) < 4.78 is 32.6. The number of hydrogen-bond acceptors (Lipinski definition) is 7. The van der Waals surface area contributed by atoms with Gasteiger partial charge in [-0.3, -0.25) is 9.59 Å². The minimum Gasteiger partial charge on any atom is -0.466 e. The summed E-state index contributed by atoms with van der Waals surface area (Å²) in [4.78, 5) is 37.2. The highest BCUT2D eigenvalue weighted by atomic mass is 32.2. The summed E-state index contributed by atoms with van der Waals surface area (Å²) in [5.41, 5.74) is -0.323. The van der Waals surface area contributed by atoms with Gasteiger partial charge in [0.05, 0.1) is 28.9 Å². The van der Waals surface area contributed by atoms with Crippen molar-refractivity contribution in [1.29, 1.82) is 0 Å². The lowest BCUT2D eigenvalue weighted by Gasteiger charge is -2.19. The van der Waals surface area contributed by atoms with Crippen LogP contribution in [0, 0.1) is 0 Å². The number of rotatable bonds is 9. The molecule has 0 aromatic carbocycles. The van der Waals surface area contributed by atoms with E-state index in [1.54, 1.807) is 13.8 Å². The number of carbonyl (C=O) groups is 2. The third kappa shape index (κ3) is 5.49. The number of ether oxygens (including phenoxy) is 1. The van der Waals surface area contributed by atoms with Crippen molar-refractivity contribution in [3.8, 4) is 0 Å². The fraction of sp³-hybridized carbons (Fsp3) is 0.500. The molecule has 0 atom stereocenters. The molecule has 9 nitrogen and oxygen atoms in total. The van der Waals surface area contributed by atoms with Crippen molar-refractivity contribution in [3.63, 3.8) is 0 Å². The van der Waals surface area contributed by atoms with Gasteiger partial charge in [0.25, 0.3) is 5.56 Å². The van der Waals surface area contributed by atoms with Crippen LogP contribution >= 0.6 is 11.8 Å². The van der Waals surface area contributed by atoms with E-state index in [1.807, 2.05) is 0 Å². The predicted octanol–water partition coefficient (Wildman–Crippen LogP) is 0.859. The van der Waals surface area contributed by atoms with Gasteiger partial charge in [0.1, 0.15) is 0 Å². The lowest BCUT2D eigenvalue weighted by molar-refractivity contribution is -0.134. The van der Waals surface area contributed by atoms with Crippen molar-refractivity contribution in [2.75, 3.05) is 32.5 Å². The number of esters is 1. The minimum atomic E-state index is -3.67. The lowest BCUT2D eigenvalue weighted by atomic mass is 10.3. The maximum Gasteiger partial charge on any atom is 0.333 e. The molecule has 1 aliphatic rings. The molecule has 1 amide bonds. The Labute approximate surface area is 174 Å². The molecule has 1 saturated heterocycles. The zero-order valence-corrected chi connectivity index (χ0v) is 18.3. The Bertz CT molecular complexity index is 951. The molecule has 0 unspecified atom stereocenters. The largest absolute Gasteiger partial charge is 0.466 e. The van der Waals surface area contributed by atoms with Gasteiger partial charge in [-0.15, -0.1) is 0 Å². The molecule has 0 bridgehead atoms. The summed E-state index contributed by atoms with van der Waals surface area (Å²) >= 11 is 1.25. The number of amides is 1. The number of sulfonamides is 1. The molecule has 1 aromatic heterocycles. The molecule has 1 fully saturated rings. The monoisotopic (exact) mass is 443 g/mol. The van der Waals surface area contributed by atoms with Gasteiger partial charge in [0, 0.05) is 38.4 Å². The van der Waals surface area contributed by atoms with Crippen LogP contribution in [0.4, 0.5) is 0 Å². The van der Waals surface area contributed by atoms with Crippen LogP contribution in [0.1, 0.15) is 20.3 Å². The second kappa shape index (κ2) is 10.1. The molecular formula is C18H25N3O6S2. The van der Waals surface area contributed by atoms with Gasteiger partial charge >= 0.3 is 5.97 Å². The Morgan fingerprint density at radius 2 is 1.93 bits per heavy atom. The normalized spacial score (nSPS) is 16.1. The maximum absolute atomic E-state index is 12.7. The van der Waals surface area contributed by atoms with Crippen molar-refractivity contribution in [2.24, 2.45) is 0 Å². The average molecular weight is 444 g/mol. The summed E-state index contributed by atoms with van der Waals surface area (Å²) in [5, 5.41) is 0.507. The van der Waals surface area contributed by atoms with Crippen LogP contribution in [-0.4, -0.2) is 66.6 Å². The Balaban J connectivity index is 2.13. The minimum absolute atomic E-state index is 0.0554. The van der Waals surface area contributed by atoms with E-state index in [-0.39, 0.29) is 28.7 Å². The highest BCUT2D eigenvalue weighted by Gasteiger charge is 2.27. The maximum atomic E-state index is 12.7. The van der Waals surface area contributed by atoms with Crippen molar-refractivity contribution in [3.05, 3.63) is 39.8 Å². The van der Waals surface area contributed by atoms with Crippen molar-refractivity contribution < 1.29 is 22.7 Å². The van der Waals surface area contributed by atoms with Crippen LogP contribution in [0.15, 0.2) is 39.1 Å². The van der Waals surface area contributed by atoms with Gasteiger partial charge in [0.2, 0.25) is 15.9 Å². The van der Waals surface area contributed by atoms with Crippen LogP contribution in [-0.2, 0) is 30.9 Å². The van der Waals surface area contributed by atoms with Crippen LogP contribution in [0.5, 0.6) is 0 Å². The van der Waals surface area contributed by atoms with Gasteiger partial charge in [-0.25, -0.2) is 13.2 Å². The molecule has 11 heteroatoms. The Morgan fingerprint density at radius 1 is 1.24 bits per heavy atom. The number of methoxy groups -OCH3 is 1. The smallest absolute Gasteiger partial charge is 0.333 e. The Morgan fingerprint density at radius 3 is 2.55 bits per heavy atom. The van der Waals surface area contributed by atoms with E-state index in [9.17, 15) is 22.8 Å². The van der Waals surface area contributed by atoms with Crippen molar-refractivity contribution in [1.82, 2.24) is 13.8 Å². The highest BCUT2D eigenvalue weighted by molar-refractivity contribution is 8.04. The van der Waals surface area contributed by atoms with Gasteiger partial charge in [-0.05, 0) is 12.5 Å². The van der Waals surface area contributed by atoms with E-state index in [4.69, 9.17) is 0 Å². The SMILES string of the molecule is CCN(CC)S(=O)(=O)c1ccc(=O)n(CCCN2C(=O)CSC2=CC(=O)OC)c1. The summed E-state index contributed by atoms with van der Waals surface area (Å²) in [6.07, 6.45) is 3.01. The number of hydrogen-bond donors (Lipinski definition) is 0. The van der Waals surface area contributed by atoms with E-state index in [0.717, 1.165) is 0 Å². The lowest BCUT2D eigenvalue weighted by Crippen LogP contribution is -2.32. The van der Waals surface area contributed by atoms with Crippen LogP contribution < -0.4 is 5.56 Å². The molecule has 2 heterocycles. The molecule has 0 N–H and O–H groups in total. The number of aromatic nitrogens is 1. The topological polar surface area (TPSA) is 106 Å². The molecule has 0 saturated carbocycles. The fourth-order valence-electron chi connectivity index (χ4n) is 2.88. The zero-order valence-electron chi connectivity index (χ0n) is 16.7. The van der Waals surface area contributed by atoms with Crippen LogP contribution in [0.2, 0.25) is 0 Å². The van der Waals surface area contributed by atoms with Gasteiger partial charge in [-0.1, -0.05) is 25.6 Å². The third-order valence-electron chi connectivity index (χ3n) is 4.43. The summed E-state index contributed by atoms with van der Waals surface area (Å²) in [6.45, 7) is 4.71. The number of carbonyl (C=O) groups excluding carboxylic acids is 2. The summed E-state index contributed by atoms with van der Waals surface area (Å²) in [7, 11) is -2.41. The Kier molecular flexibility index (Phi) is 8.05. The molecule has 2 rings (SSSR count). The average Bonchev–Trinajstić information content (AvgIpc) is 3.03.